The number of morpholine rings is 1. The molecule has 1 aromatic heterocycles. The Morgan fingerprint density at radius 2 is 2.27 bits per heavy atom. The number of carbonyl (C=O) groups is 1. The van der Waals surface area contributed by atoms with Gasteiger partial charge < -0.3 is 9.64 Å². The molecule has 0 unspecified atom stereocenters. The van der Waals surface area contributed by atoms with Gasteiger partial charge in [-0.3, -0.25) is 4.79 Å². The quantitative estimate of drug-likeness (QED) is 0.547. The standard InChI is InChI=1S/C10H10N2O2S/c1-2-9-11-8(7-13)10(15-9)12-3-5-14-6-4-12/h1,7H,3-6H2. The molecule has 1 aromatic rings. The third kappa shape index (κ3) is 2.01. The summed E-state index contributed by atoms with van der Waals surface area (Å²) in [6, 6.07) is 0. The van der Waals surface area contributed by atoms with Crippen molar-refractivity contribution < 1.29 is 9.53 Å². The molecular formula is C10H10N2O2S. The minimum atomic E-state index is 0.440. The maximum atomic E-state index is 10.8. The lowest BCUT2D eigenvalue weighted by Gasteiger charge is -2.27. The summed E-state index contributed by atoms with van der Waals surface area (Å²) in [5.74, 6) is 2.45. The van der Waals surface area contributed by atoms with E-state index in [2.05, 4.69) is 15.8 Å². The third-order valence-electron chi connectivity index (χ3n) is 2.17. The molecule has 1 aliphatic rings. The Morgan fingerprint density at radius 1 is 1.53 bits per heavy atom. The molecule has 15 heavy (non-hydrogen) atoms. The van der Waals surface area contributed by atoms with E-state index in [0.717, 1.165) is 24.4 Å². The molecule has 0 N–H and O–H groups in total. The Bertz CT molecular complexity index is 402. The smallest absolute Gasteiger partial charge is 0.171 e. The van der Waals surface area contributed by atoms with Gasteiger partial charge in [-0.1, -0.05) is 11.3 Å². The average Bonchev–Trinajstić information content (AvgIpc) is 2.73. The van der Waals surface area contributed by atoms with Crippen LogP contribution in [0.5, 0.6) is 0 Å². The molecule has 2 heterocycles. The van der Waals surface area contributed by atoms with E-state index in [0.29, 0.717) is 23.9 Å². The maximum absolute atomic E-state index is 10.8. The molecule has 0 radical (unpaired) electrons. The van der Waals surface area contributed by atoms with Crippen molar-refractivity contribution in [2.45, 2.75) is 0 Å². The summed E-state index contributed by atoms with van der Waals surface area (Å²) in [6.45, 7) is 2.93. The molecule has 0 aliphatic carbocycles. The molecule has 78 valence electrons. The monoisotopic (exact) mass is 222 g/mol. The number of terminal acetylenes is 1. The molecule has 5 heteroatoms. The van der Waals surface area contributed by atoms with Gasteiger partial charge >= 0.3 is 0 Å². The highest BCUT2D eigenvalue weighted by Crippen LogP contribution is 2.27. The van der Waals surface area contributed by atoms with E-state index < -0.39 is 0 Å². The zero-order valence-corrected chi connectivity index (χ0v) is 8.92. The van der Waals surface area contributed by atoms with Crippen molar-refractivity contribution in [3.05, 3.63) is 10.7 Å². The Labute approximate surface area is 91.9 Å². The SMILES string of the molecule is C#Cc1nc(C=O)c(N2CCOCC2)s1. The Balaban J connectivity index is 2.29. The highest BCUT2D eigenvalue weighted by Gasteiger charge is 2.18. The number of aromatic nitrogens is 1. The van der Waals surface area contributed by atoms with Crippen LogP contribution in [0.2, 0.25) is 0 Å². The van der Waals surface area contributed by atoms with Crippen LogP contribution in [0.15, 0.2) is 0 Å². The third-order valence-corrected chi connectivity index (χ3v) is 3.23. The lowest BCUT2D eigenvalue weighted by atomic mass is 10.4. The van der Waals surface area contributed by atoms with Crippen molar-refractivity contribution in [3.8, 4) is 12.3 Å². The van der Waals surface area contributed by atoms with Gasteiger partial charge in [0.05, 0.1) is 13.2 Å². The van der Waals surface area contributed by atoms with E-state index in [4.69, 9.17) is 11.2 Å². The van der Waals surface area contributed by atoms with Crippen molar-refractivity contribution in [1.29, 1.82) is 0 Å². The van der Waals surface area contributed by atoms with Crippen LogP contribution in [0.3, 0.4) is 0 Å². The predicted octanol–water partition coefficient (Wildman–Crippen LogP) is 0.773. The van der Waals surface area contributed by atoms with Crippen molar-refractivity contribution in [2.24, 2.45) is 0 Å². The lowest BCUT2D eigenvalue weighted by Crippen LogP contribution is -2.36. The van der Waals surface area contributed by atoms with E-state index >= 15 is 0 Å². The number of thiazole rings is 1. The van der Waals surface area contributed by atoms with Crippen LogP contribution in [-0.4, -0.2) is 37.6 Å². The molecule has 1 aliphatic heterocycles. The summed E-state index contributed by atoms with van der Waals surface area (Å²) < 4.78 is 5.24. The molecule has 1 saturated heterocycles. The van der Waals surface area contributed by atoms with Gasteiger partial charge in [-0.15, -0.1) is 6.42 Å². The van der Waals surface area contributed by atoms with E-state index in [1.807, 2.05) is 0 Å². The van der Waals surface area contributed by atoms with Crippen molar-refractivity contribution in [1.82, 2.24) is 4.98 Å². The summed E-state index contributed by atoms with van der Waals surface area (Å²) in [5, 5.41) is 1.42. The van der Waals surface area contributed by atoms with Crippen LogP contribution in [0.4, 0.5) is 5.00 Å². The van der Waals surface area contributed by atoms with E-state index in [1.165, 1.54) is 11.3 Å². The van der Waals surface area contributed by atoms with Crippen molar-refractivity contribution in [3.63, 3.8) is 0 Å². The number of anilines is 1. The van der Waals surface area contributed by atoms with Crippen LogP contribution in [0, 0.1) is 12.3 Å². The maximum Gasteiger partial charge on any atom is 0.171 e. The largest absolute Gasteiger partial charge is 0.378 e. The number of ether oxygens (including phenoxy) is 1. The van der Waals surface area contributed by atoms with Gasteiger partial charge in [0.2, 0.25) is 0 Å². The zero-order chi connectivity index (χ0) is 10.7. The van der Waals surface area contributed by atoms with Crippen LogP contribution in [0.25, 0.3) is 0 Å². The molecule has 2 rings (SSSR count). The molecule has 0 aromatic carbocycles. The number of aldehydes is 1. The number of hydrogen-bond donors (Lipinski definition) is 0. The van der Waals surface area contributed by atoms with Gasteiger partial charge in [-0.05, 0) is 5.92 Å². The molecule has 4 nitrogen and oxygen atoms in total. The summed E-state index contributed by atoms with van der Waals surface area (Å²) in [4.78, 5) is 17.0. The van der Waals surface area contributed by atoms with Crippen molar-refractivity contribution >= 4 is 22.6 Å². The summed E-state index contributed by atoms with van der Waals surface area (Å²) >= 11 is 1.38. The van der Waals surface area contributed by atoms with E-state index in [9.17, 15) is 4.79 Å². The fourth-order valence-corrected chi connectivity index (χ4v) is 2.35. The van der Waals surface area contributed by atoms with Gasteiger partial charge in [0, 0.05) is 13.1 Å². The number of carbonyl (C=O) groups excluding carboxylic acids is 1. The van der Waals surface area contributed by atoms with Crippen LogP contribution in [0.1, 0.15) is 15.5 Å². The molecule has 0 amide bonds. The first-order valence-corrected chi connectivity index (χ1v) is 5.42. The van der Waals surface area contributed by atoms with Gasteiger partial charge in [-0.2, -0.15) is 0 Å². The second-order valence-electron chi connectivity index (χ2n) is 3.07. The molecular weight excluding hydrogens is 212 g/mol. The summed E-state index contributed by atoms with van der Waals surface area (Å²) in [6.07, 6.45) is 6.01. The first kappa shape index (κ1) is 10.1. The first-order chi connectivity index (χ1) is 7.35. The second kappa shape index (κ2) is 4.43. The van der Waals surface area contributed by atoms with Crippen molar-refractivity contribution in [2.75, 3.05) is 31.2 Å². The lowest BCUT2D eigenvalue weighted by molar-refractivity contribution is 0.111. The van der Waals surface area contributed by atoms with Crippen LogP contribution in [-0.2, 0) is 4.74 Å². The van der Waals surface area contributed by atoms with E-state index in [1.54, 1.807) is 0 Å². The number of nitrogens with zero attached hydrogens (tertiary/aromatic N) is 2. The predicted molar refractivity (Wildman–Crippen MR) is 58.5 cm³/mol. The van der Waals surface area contributed by atoms with Gasteiger partial charge in [0.25, 0.3) is 0 Å². The van der Waals surface area contributed by atoms with Gasteiger partial charge in [0.15, 0.2) is 11.3 Å². The Morgan fingerprint density at radius 3 is 2.87 bits per heavy atom. The topological polar surface area (TPSA) is 42.4 Å². The summed E-state index contributed by atoms with van der Waals surface area (Å²) in [5.41, 5.74) is 0.440. The highest BCUT2D eigenvalue weighted by atomic mass is 32.1. The van der Waals surface area contributed by atoms with Gasteiger partial charge in [-0.25, -0.2) is 4.98 Å². The summed E-state index contributed by atoms with van der Waals surface area (Å²) in [7, 11) is 0. The molecule has 0 spiro atoms. The Kier molecular flexibility index (Phi) is 2.99. The first-order valence-electron chi connectivity index (χ1n) is 4.60. The second-order valence-corrected chi connectivity index (χ2v) is 4.05. The van der Waals surface area contributed by atoms with Crippen LogP contribution >= 0.6 is 11.3 Å². The molecule has 1 fully saturated rings. The minimum Gasteiger partial charge on any atom is -0.378 e. The van der Waals surface area contributed by atoms with E-state index in [-0.39, 0.29) is 0 Å². The fraction of sp³-hybridized carbons (Fsp3) is 0.400. The van der Waals surface area contributed by atoms with Crippen LogP contribution < -0.4 is 4.90 Å². The fourth-order valence-electron chi connectivity index (χ4n) is 1.46. The molecule has 0 atom stereocenters. The minimum absolute atomic E-state index is 0.440. The number of hydrogen-bond acceptors (Lipinski definition) is 5. The highest BCUT2D eigenvalue weighted by molar-refractivity contribution is 7.16. The normalized spacial score (nSPS) is 16.1. The molecule has 0 saturated carbocycles. The van der Waals surface area contributed by atoms with Gasteiger partial charge in [0.1, 0.15) is 10.7 Å². The molecule has 0 bridgehead atoms. The number of rotatable bonds is 2. The zero-order valence-electron chi connectivity index (χ0n) is 8.10. The average molecular weight is 222 g/mol. The Hall–Kier alpha value is -1.38.